The number of fused-ring (bicyclic) bond motifs is 1. The van der Waals surface area contributed by atoms with Gasteiger partial charge < -0.3 is 14.5 Å². The Bertz CT molecular complexity index is 937. The number of para-hydroxylation sites is 1. The molecule has 0 unspecified atom stereocenters. The van der Waals surface area contributed by atoms with Crippen molar-refractivity contribution < 1.29 is 9.47 Å². The van der Waals surface area contributed by atoms with E-state index in [-0.39, 0.29) is 5.56 Å². The number of hydrogen-bond donors (Lipinski definition) is 1. The summed E-state index contributed by atoms with van der Waals surface area (Å²) in [5.74, 6) is 1.75. The van der Waals surface area contributed by atoms with Gasteiger partial charge >= 0.3 is 0 Å². The van der Waals surface area contributed by atoms with Crippen molar-refractivity contribution >= 4 is 26.8 Å². The van der Waals surface area contributed by atoms with Crippen molar-refractivity contribution in [2.24, 2.45) is 0 Å². The monoisotopic (exact) mass is 388 g/mol. The van der Waals surface area contributed by atoms with Gasteiger partial charge in [-0.2, -0.15) is 0 Å². The quantitative estimate of drug-likeness (QED) is 0.712. The van der Waals surface area contributed by atoms with E-state index in [0.717, 1.165) is 10.0 Å². The first kappa shape index (κ1) is 16.5. The maximum absolute atomic E-state index is 12.3. The van der Waals surface area contributed by atoms with Crippen molar-refractivity contribution in [3.05, 3.63) is 51.2 Å². The second kappa shape index (κ2) is 7.05. The highest BCUT2D eigenvalue weighted by Gasteiger charge is 2.14. The van der Waals surface area contributed by atoms with Crippen LogP contribution in [0.4, 0.5) is 0 Å². The van der Waals surface area contributed by atoms with E-state index in [2.05, 4.69) is 25.9 Å². The van der Waals surface area contributed by atoms with Gasteiger partial charge in [-0.15, -0.1) is 0 Å². The maximum Gasteiger partial charge on any atom is 0.259 e. The van der Waals surface area contributed by atoms with Crippen LogP contribution >= 0.6 is 15.9 Å². The number of H-pyrrole nitrogens is 1. The first-order valence-electron chi connectivity index (χ1n) is 7.72. The second-order valence-corrected chi connectivity index (χ2v) is 5.93. The Labute approximate surface area is 147 Å². The van der Waals surface area contributed by atoms with Gasteiger partial charge in [0.05, 0.1) is 24.1 Å². The van der Waals surface area contributed by atoms with Gasteiger partial charge in [0.25, 0.3) is 5.56 Å². The van der Waals surface area contributed by atoms with Crippen LogP contribution in [0, 0.1) is 0 Å². The summed E-state index contributed by atoms with van der Waals surface area (Å²) in [6, 6.07) is 10.9. The van der Waals surface area contributed by atoms with Gasteiger partial charge in [0.15, 0.2) is 11.5 Å². The summed E-state index contributed by atoms with van der Waals surface area (Å²) in [6.07, 6.45) is 0. The van der Waals surface area contributed by atoms with Crippen LogP contribution in [0.3, 0.4) is 0 Å². The maximum atomic E-state index is 12.3. The second-order valence-electron chi connectivity index (χ2n) is 5.08. The number of hydrogen-bond acceptors (Lipinski definition) is 4. The number of halogens is 1. The molecule has 1 aromatic heterocycles. The zero-order chi connectivity index (χ0) is 17.1. The van der Waals surface area contributed by atoms with Crippen LogP contribution in [0.2, 0.25) is 0 Å². The zero-order valence-corrected chi connectivity index (χ0v) is 15.0. The molecule has 0 aliphatic carbocycles. The molecule has 1 heterocycles. The molecule has 0 amide bonds. The summed E-state index contributed by atoms with van der Waals surface area (Å²) in [6.45, 7) is 4.88. The van der Waals surface area contributed by atoms with Crippen LogP contribution in [-0.4, -0.2) is 23.2 Å². The minimum Gasteiger partial charge on any atom is -0.490 e. The molecule has 0 radical (unpaired) electrons. The molecule has 2 aromatic carbocycles. The average molecular weight is 389 g/mol. The van der Waals surface area contributed by atoms with E-state index >= 15 is 0 Å². The number of rotatable bonds is 5. The van der Waals surface area contributed by atoms with Gasteiger partial charge in [-0.1, -0.05) is 12.1 Å². The molecule has 0 aliphatic rings. The standard InChI is InChI=1S/C18H17BrN2O3/c1-3-23-15-9-12(13(19)10-16(15)24-4-2)17-20-14-8-6-5-7-11(14)18(22)21-17/h5-10H,3-4H2,1-2H3,(H,20,21,22). The predicted octanol–water partition coefficient (Wildman–Crippen LogP) is 4.15. The Kier molecular flexibility index (Phi) is 4.85. The first-order chi connectivity index (χ1) is 11.6. The molecule has 124 valence electrons. The van der Waals surface area contributed by atoms with E-state index < -0.39 is 0 Å². The van der Waals surface area contributed by atoms with Crippen molar-refractivity contribution in [1.82, 2.24) is 9.97 Å². The lowest BCUT2D eigenvalue weighted by molar-refractivity contribution is 0.287. The Morgan fingerprint density at radius 1 is 1.08 bits per heavy atom. The predicted molar refractivity (Wildman–Crippen MR) is 97.8 cm³/mol. The third-order valence-corrected chi connectivity index (χ3v) is 4.16. The topological polar surface area (TPSA) is 64.2 Å². The molecule has 0 fully saturated rings. The molecule has 24 heavy (non-hydrogen) atoms. The van der Waals surface area contributed by atoms with Crippen LogP contribution in [0.15, 0.2) is 45.7 Å². The van der Waals surface area contributed by atoms with Crippen LogP contribution in [0.5, 0.6) is 11.5 Å². The molecule has 1 N–H and O–H groups in total. The highest BCUT2D eigenvalue weighted by atomic mass is 79.9. The van der Waals surface area contributed by atoms with Crippen molar-refractivity contribution in [2.75, 3.05) is 13.2 Å². The first-order valence-corrected chi connectivity index (χ1v) is 8.52. The normalized spacial score (nSPS) is 10.8. The molecule has 6 heteroatoms. The number of nitrogens with zero attached hydrogens (tertiary/aromatic N) is 1. The van der Waals surface area contributed by atoms with Gasteiger partial charge in [0.1, 0.15) is 5.82 Å². The van der Waals surface area contributed by atoms with Gasteiger partial charge in [-0.05, 0) is 54.0 Å². The van der Waals surface area contributed by atoms with Crippen molar-refractivity contribution in [1.29, 1.82) is 0 Å². The van der Waals surface area contributed by atoms with E-state index in [1.807, 2.05) is 44.2 Å². The van der Waals surface area contributed by atoms with E-state index in [4.69, 9.17) is 9.47 Å². The lowest BCUT2D eigenvalue weighted by Crippen LogP contribution is -2.09. The minimum atomic E-state index is -0.172. The molecule has 0 saturated carbocycles. The fraction of sp³-hybridized carbons (Fsp3) is 0.222. The largest absolute Gasteiger partial charge is 0.490 e. The van der Waals surface area contributed by atoms with Crippen LogP contribution in [0.25, 0.3) is 22.3 Å². The summed E-state index contributed by atoms with van der Waals surface area (Å²) in [5.41, 5.74) is 1.22. The fourth-order valence-electron chi connectivity index (χ4n) is 2.47. The SMILES string of the molecule is CCOc1cc(Br)c(-c2nc3ccccc3c(=O)[nH]2)cc1OCC. The Balaban J connectivity index is 2.18. The average Bonchev–Trinajstić information content (AvgIpc) is 2.57. The smallest absolute Gasteiger partial charge is 0.259 e. The van der Waals surface area contributed by atoms with Crippen molar-refractivity contribution in [3.8, 4) is 22.9 Å². The third kappa shape index (κ3) is 3.14. The lowest BCUT2D eigenvalue weighted by Gasteiger charge is -2.14. The van der Waals surface area contributed by atoms with Gasteiger partial charge in [0, 0.05) is 10.0 Å². The summed E-state index contributed by atoms with van der Waals surface area (Å²) < 4.78 is 12.0. The third-order valence-electron chi connectivity index (χ3n) is 3.50. The molecule has 0 saturated heterocycles. The molecular weight excluding hydrogens is 372 g/mol. The van der Waals surface area contributed by atoms with E-state index in [0.29, 0.717) is 41.4 Å². The van der Waals surface area contributed by atoms with E-state index in [1.165, 1.54) is 0 Å². The van der Waals surface area contributed by atoms with E-state index in [9.17, 15) is 4.79 Å². The van der Waals surface area contributed by atoms with Crippen molar-refractivity contribution in [3.63, 3.8) is 0 Å². The number of benzene rings is 2. The van der Waals surface area contributed by atoms with Crippen molar-refractivity contribution in [2.45, 2.75) is 13.8 Å². The minimum absolute atomic E-state index is 0.172. The molecule has 5 nitrogen and oxygen atoms in total. The summed E-state index contributed by atoms with van der Waals surface area (Å²) in [5, 5.41) is 0.563. The highest BCUT2D eigenvalue weighted by Crippen LogP contribution is 2.37. The highest BCUT2D eigenvalue weighted by molar-refractivity contribution is 9.10. The summed E-state index contributed by atoms with van der Waals surface area (Å²) >= 11 is 3.53. The lowest BCUT2D eigenvalue weighted by atomic mass is 10.1. The van der Waals surface area contributed by atoms with Gasteiger partial charge in [0.2, 0.25) is 0 Å². The molecule has 3 rings (SSSR count). The Morgan fingerprint density at radius 2 is 1.75 bits per heavy atom. The summed E-state index contributed by atoms with van der Waals surface area (Å²) in [4.78, 5) is 19.7. The molecule has 0 spiro atoms. The van der Waals surface area contributed by atoms with Crippen LogP contribution < -0.4 is 15.0 Å². The van der Waals surface area contributed by atoms with E-state index in [1.54, 1.807) is 6.07 Å². The van der Waals surface area contributed by atoms with Gasteiger partial charge in [-0.3, -0.25) is 4.79 Å². The number of aromatic nitrogens is 2. The molecule has 0 aliphatic heterocycles. The fourth-order valence-corrected chi connectivity index (χ4v) is 2.98. The number of nitrogens with one attached hydrogen (secondary N) is 1. The number of ether oxygens (including phenoxy) is 2. The Hall–Kier alpha value is -2.34. The molecule has 0 bridgehead atoms. The number of aromatic amines is 1. The molecular formula is C18H17BrN2O3. The summed E-state index contributed by atoms with van der Waals surface area (Å²) in [7, 11) is 0. The van der Waals surface area contributed by atoms with Gasteiger partial charge in [-0.25, -0.2) is 4.98 Å². The van der Waals surface area contributed by atoms with Crippen LogP contribution in [-0.2, 0) is 0 Å². The Morgan fingerprint density at radius 3 is 2.46 bits per heavy atom. The van der Waals surface area contributed by atoms with Crippen LogP contribution in [0.1, 0.15) is 13.8 Å². The zero-order valence-electron chi connectivity index (χ0n) is 13.4. The molecule has 3 aromatic rings. The molecule has 0 atom stereocenters.